The van der Waals surface area contributed by atoms with Gasteiger partial charge in [0.15, 0.2) is 5.13 Å². The Morgan fingerprint density at radius 2 is 1.97 bits per heavy atom. The summed E-state index contributed by atoms with van der Waals surface area (Å²) in [5.74, 6) is -0.463. The predicted octanol–water partition coefficient (Wildman–Crippen LogP) is 3.91. The van der Waals surface area contributed by atoms with Crippen molar-refractivity contribution >= 4 is 45.6 Å². The Labute approximate surface area is 171 Å². The van der Waals surface area contributed by atoms with E-state index in [0.717, 1.165) is 22.5 Å². The molecule has 0 saturated carbocycles. The van der Waals surface area contributed by atoms with Crippen molar-refractivity contribution in [3.8, 4) is 11.3 Å². The molecule has 8 heteroatoms. The van der Waals surface area contributed by atoms with Crippen molar-refractivity contribution in [2.45, 2.75) is 19.8 Å². The van der Waals surface area contributed by atoms with Gasteiger partial charge in [0.1, 0.15) is 0 Å². The molecule has 1 aromatic heterocycles. The maximum absolute atomic E-state index is 12.5. The lowest BCUT2D eigenvalue weighted by molar-refractivity contribution is -0.116. The molecule has 3 aromatic rings. The average molecular weight is 406 g/mol. The number of benzene rings is 2. The van der Waals surface area contributed by atoms with E-state index >= 15 is 0 Å². The molecule has 2 heterocycles. The van der Waals surface area contributed by atoms with Crippen LogP contribution in [0.2, 0.25) is 0 Å². The number of aryl methyl sites for hydroxylation is 1. The third-order valence-electron chi connectivity index (χ3n) is 4.47. The van der Waals surface area contributed by atoms with Crippen LogP contribution in [-0.2, 0) is 16.0 Å². The van der Waals surface area contributed by atoms with Crippen LogP contribution < -0.4 is 16.0 Å². The van der Waals surface area contributed by atoms with Crippen molar-refractivity contribution in [2.24, 2.45) is 0 Å². The summed E-state index contributed by atoms with van der Waals surface area (Å²) < 4.78 is 0. The van der Waals surface area contributed by atoms with Crippen LogP contribution in [0.25, 0.3) is 11.3 Å². The zero-order chi connectivity index (χ0) is 20.4. The number of aromatic nitrogens is 1. The summed E-state index contributed by atoms with van der Waals surface area (Å²) in [6.07, 6.45) is 1.18. The fourth-order valence-corrected chi connectivity index (χ4v) is 3.83. The fourth-order valence-electron chi connectivity index (χ4n) is 3.12. The number of rotatable bonds is 4. The van der Waals surface area contributed by atoms with E-state index < -0.39 is 0 Å². The molecule has 0 aliphatic carbocycles. The Morgan fingerprint density at radius 3 is 2.79 bits per heavy atom. The molecule has 2 aromatic carbocycles. The number of carbonyl (C=O) groups excluding carboxylic acids is 3. The van der Waals surface area contributed by atoms with E-state index in [4.69, 9.17) is 0 Å². The summed E-state index contributed by atoms with van der Waals surface area (Å²) in [6, 6.07) is 12.5. The standard InChI is InChI=1S/C21H18N4O3S/c1-12(26)22-16-4-2-3-15(10-16)20(28)25-21-24-18(11-29-21)14-5-7-17-13(9-14)6-8-19(27)23-17/h2-5,7,9-11H,6,8H2,1H3,(H,22,26)(H,23,27)(H,24,25,28). The number of nitrogens with zero attached hydrogens (tertiary/aromatic N) is 1. The molecular weight excluding hydrogens is 388 g/mol. The minimum atomic E-state index is -0.300. The minimum Gasteiger partial charge on any atom is -0.326 e. The van der Waals surface area contributed by atoms with E-state index in [0.29, 0.717) is 29.2 Å². The highest BCUT2D eigenvalue weighted by atomic mass is 32.1. The number of fused-ring (bicyclic) bond motifs is 1. The van der Waals surface area contributed by atoms with E-state index in [2.05, 4.69) is 20.9 Å². The Morgan fingerprint density at radius 1 is 1.10 bits per heavy atom. The van der Waals surface area contributed by atoms with Crippen LogP contribution in [-0.4, -0.2) is 22.7 Å². The van der Waals surface area contributed by atoms with Gasteiger partial charge in [-0.3, -0.25) is 19.7 Å². The minimum absolute atomic E-state index is 0.0338. The molecule has 0 spiro atoms. The molecule has 29 heavy (non-hydrogen) atoms. The molecule has 1 aliphatic rings. The van der Waals surface area contributed by atoms with Gasteiger partial charge in [-0.15, -0.1) is 11.3 Å². The lowest BCUT2D eigenvalue weighted by Gasteiger charge is -2.17. The Kier molecular flexibility index (Phi) is 5.09. The largest absolute Gasteiger partial charge is 0.326 e. The highest BCUT2D eigenvalue weighted by Gasteiger charge is 2.16. The first-order valence-electron chi connectivity index (χ1n) is 9.05. The Hall–Kier alpha value is -3.52. The van der Waals surface area contributed by atoms with Crippen molar-refractivity contribution in [3.63, 3.8) is 0 Å². The van der Waals surface area contributed by atoms with Gasteiger partial charge in [0.25, 0.3) is 5.91 Å². The highest BCUT2D eigenvalue weighted by molar-refractivity contribution is 7.14. The molecule has 0 saturated heterocycles. The Bertz CT molecular complexity index is 1120. The zero-order valence-corrected chi connectivity index (χ0v) is 16.4. The maximum atomic E-state index is 12.5. The van der Waals surface area contributed by atoms with Gasteiger partial charge in [-0.05, 0) is 42.3 Å². The fraction of sp³-hybridized carbons (Fsp3) is 0.143. The van der Waals surface area contributed by atoms with Crippen LogP contribution in [0.4, 0.5) is 16.5 Å². The smallest absolute Gasteiger partial charge is 0.257 e. The predicted molar refractivity (Wildman–Crippen MR) is 113 cm³/mol. The molecule has 3 amide bonds. The molecule has 3 N–H and O–H groups in total. The van der Waals surface area contributed by atoms with E-state index in [-0.39, 0.29) is 17.7 Å². The van der Waals surface area contributed by atoms with Gasteiger partial charge in [0.05, 0.1) is 5.69 Å². The van der Waals surface area contributed by atoms with Gasteiger partial charge < -0.3 is 10.6 Å². The van der Waals surface area contributed by atoms with Gasteiger partial charge in [-0.2, -0.15) is 0 Å². The van der Waals surface area contributed by atoms with Crippen LogP contribution in [0.1, 0.15) is 29.3 Å². The van der Waals surface area contributed by atoms with E-state index in [1.807, 2.05) is 23.6 Å². The van der Waals surface area contributed by atoms with E-state index in [1.54, 1.807) is 24.3 Å². The van der Waals surface area contributed by atoms with E-state index in [1.165, 1.54) is 18.3 Å². The SMILES string of the molecule is CC(=O)Nc1cccc(C(=O)Nc2nc(-c3ccc4c(c3)CCC(=O)N4)cs2)c1. The second-order valence-corrected chi connectivity index (χ2v) is 7.53. The Balaban J connectivity index is 1.49. The highest BCUT2D eigenvalue weighted by Crippen LogP contribution is 2.30. The molecule has 7 nitrogen and oxygen atoms in total. The molecule has 0 atom stereocenters. The second kappa shape index (κ2) is 7.84. The summed E-state index contributed by atoms with van der Waals surface area (Å²) in [4.78, 5) is 39.7. The van der Waals surface area contributed by atoms with Crippen LogP contribution in [0.15, 0.2) is 47.8 Å². The molecule has 1 aliphatic heterocycles. The van der Waals surface area contributed by atoms with Gasteiger partial charge in [-0.25, -0.2) is 4.98 Å². The van der Waals surface area contributed by atoms with E-state index in [9.17, 15) is 14.4 Å². The average Bonchev–Trinajstić information content (AvgIpc) is 3.15. The van der Waals surface area contributed by atoms with Crippen LogP contribution in [0.3, 0.4) is 0 Å². The summed E-state index contributed by atoms with van der Waals surface area (Å²) >= 11 is 1.34. The number of hydrogen-bond donors (Lipinski definition) is 3. The first-order chi connectivity index (χ1) is 14.0. The molecule has 0 fully saturated rings. The van der Waals surface area contributed by atoms with Gasteiger partial charge >= 0.3 is 0 Å². The monoisotopic (exact) mass is 406 g/mol. The number of anilines is 3. The molecular formula is C21H18N4O3S. The van der Waals surface area contributed by atoms with Crippen LogP contribution in [0, 0.1) is 0 Å². The molecule has 0 bridgehead atoms. The summed E-state index contributed by atoms with van der Waals surface area (Å²) in [6.45, 7) is 1.42. The van der Waals surface area contributed by atoms with Gasteiger partial charge in [-0.1, -0.05) is 12.1 Å². The maximum Gasteiger partial charge on any atom is 0.257 e. The summed E-state index contributed by atoms with van der Waals surface area (Å²) in [5.41, 5.74) is 4.60. The van der Waals surface area contributed by atoms with Crippen molar-refractivity contribution in [1.82, 2.24) is 4.98 Å². The third kappa shape index (κ3) is 4.33. The van der Waals surface area contributed by atoms with Crippen molar-refractivity contribution < 1.29 is 14.4 Å². The number of hydrogen-bond acceptors (Lipinski definition) is 5. The molecule has 0 unspecified atom stereocenters. The number of nitrogens with one attached hydrogen (secondary N) is 3. The summed E-state index contributed by atoms with van der Waals surface area (Å²) in [5, 5.41) is 10.7. The van der Waals surface area contributed by atoms with Gasteiger partial charge in [0.2, 0.25) is 11.8 Å². The van der Waals surface area contributed by atoms with Crippen molar-refractivity contribution in [2.75, 3.05) is 16.0 Å². The third-order valence-corrected chi connectivity index (χ3v) is 5.22. The first kappa shape index (κ1) is 18.8. The van der Waals surface area contributed by atoms with Crippen molar-refractivity contribution in [3.05, 3.63) is 59.0 Å². The first-order valence-corrected chi connectivity index (χ1v) is 9.93. The van der Waals surface area contributed by atoms with Crippen LogP contribution >= 0.6 is 11.3 Å². The number of thiazole rings is 1. The lowest BCUT2D eigenvalue weighted by atomic mass is 9.99. The van der Waals surface area contributed by atoms with Crippen LogP contribution in [0.5, 0.6) is 0 Å². The van der Waals surface area contributed by atoms with Crippen molar-refractivity contribution in [1.29, 1.82) is 0 Å². The lowest BCUT2D eigenvalue weighted by Crippen LogP contribution is -2.18. The summed E-state index contributed by atoms with van der Waals surface area (Å²) in [7, 11) is 0. The molecule has 146 valence electrons. The zero-order valence-electron chi connectivity index (χ0n) is 15.6. The second-order valence-electron chi connectivity index (χ2n) is 6.67. The molecule has 0 radical (unpaired) electrons. The topological polar surface area (TPSA) is 100 Å². The van der Waals surface area contributed by atoms with Gasteiger partial charge in [0, 0.05) is 41.2 Å². The quantitative estimate of drug-likeness (QED) is 0.612. The molecule has 4 rings (SSSR count). The number of carbonyl (C=O) groups is 3. The number of amides is 3. The normalized spacial score (nSPS) is 12.7.